The van der Waals surface area contributed by atoms with Crippen molar-refractivity contribution in [3.05, 3.63) is 182 Å². The van der Waals surface area contributed by atoms with Gasteiger partial charge in [0, 0.05) is 32.6 Å². The molecule has 238 valence electrons. The molecular formula is C48H30N2O. The highest BCUT2D eigenvalue weighted by Crippen LogP contribution is 2.41. The van der Waals surface area contributed by atoms with Crippen LogP contribution in [0.2, 0.25) is 0 Å². The minimum atomic E-state index is -0.435. The highest BCUT2D eigenvalue weighted by Gasteiger charge is 2.19. The summed E-state index contributed by atoms with van der Waals surface area (Å²) in [5.41, 5.74) is 7.82. The van der Waals surface area contributed by atoms with Gasteiger partial charge in [-0.25, -0.2) is 0 Å². The molecule has 11 aromatic rings. The molecule has 0 aliphatic carbocycles. The highest BCUT2D eigenvalue weighted by molar-refractivity contribution is 6.16. The lowest BCUT2D eigenvalue weighted by Gasteiger charge is -2.10. The number of rotatable bonds is 4. The SMILES string of the molecule is [2H]c1c([2H])c([2H])c2c(c1[2H])c1c([2H])c(-c3ccc4c(c3)c3cc(-c5ccccc5)ccc3n4-c3ccccc3)c([2H])c([2H])c1n2-c1cccc2oc3ccccc3c12. The van der Waals surface area contributed by atoms with Crippen LogP contribution < -0.4 is 0 Å². The molecule has 51 heavy (non-hydrogen) atoms. The number of aromatic nitrogens is 2. The van der Waals surface area contributed by atoms with E-state index >= 15 is 0 Å². The van der Waals surface area contributed by atoms with Gasteiger partial charge in [-0.1, -0.05) is 109 Å². The van der Waals surface area contributed by atoms with Gasteiger partial charge in [0.05, 0.1) is 42.7 Å². The number of furan rings is 1. The maximum absolute atomic E-state index is 9.89. The fourth-order valence-electron chi connectivity index (χ4n) is 7.69. The molecule has 0 radical (unpaired) electrons. The average molecular weight is 658 g/mol. The van der Waals surface area contributed by atoms with Crippen molar-refractivity contribution in [1.82, 2.24) is 9.13 Å². The number of para-hydroxylation sites is 3. The van der Waals surface area contributed by atoms with E-state index in [9.17, 15) is 6.85 Å². The largest absolute Gasteiger partial charge is 0.456 e. The van der Waals surface area contributed by atoms with E-state index in [2.05, 4.69) is 47.0 Å². The van der Waals surface area contributed by atoms with E-state index in [1.54, 1.807) is 10.6 Å². The van der Waals surface area contributed by atoms with E-state index in [0.717, 1.165) is 44.0 Å². The van der Waals surface area contributed by atoms with Gasteiger partial charge in [-0.2, -0.15) is 0 Å². The summed E-state index contributed by atoms with van der Waals surface area (Å²) in [5.74, 6) is 0. The van der Waals surface area contributed by atoms with Gasteiger partial charge in [0.15, 0.2) is 0 Å². The second kappa shape index (κ2) is 10.8. The van der Waals surface area contributed by atoms with E-state index in [-0.39, 0.29) is 57.6 Å². The first-order valence-electron chi connectivity index (χ1n) is 20.4. The van der Waals surface area contributed by atoms with Gasteiger partial charge in [-0.05, 0) is 95.0 Å². The van der Waals surface area contributed by atoms with E-state index in [1.165, 1.54) is 0 Å². The molecule has 11 rings (SSSR count). The van der Waals surface area contributed by atoms with E-state index < -0.39 is 12.1 Å². The lowest BCUT2D eigenvalue weighted by molar-refractivity contribution is 0.669. The first-order valence-corrected chi connectivity index (χ1v) is 16.9. The third kappa shape index (κ3) is 4.19. The Morgan fingerprint density at radius 2 is 1.08 bits per heavy atom. The van der Waals surface area contributed by atoms with Gasteiger partial charge in [-0.3, -0.25) is 0 Å². The molecule has 0 saturated heterocycles. The Bertz CT molecular complexity index is 3530. The van der Waals surface area contributed by atoms with Crippen molar-refractivity contribution in [2.45, 2.75) is 0 Å². The van der Waals surface area contributed by atoms with Crippen LogP contribution in [0, 0.1) is 0 Å². The summed E-state index contributed by atoms with van der Waals surface area (Å²) in [4.78, 5) is 0. The third-order valence-electron chi connectivity index (χ3n) is 9.95. The van der Waals surface area contributed by atoms with Crippen molar-refractivity contribution in [2.75, 3.05) is 0 Å². The van der Waals surface area contributed by atoms with Gasteiger partial charge in [0.25, 0.3) is 0 Å². The van der Waals surface area contributed by atoms with Gasteiger partial charge in [-0.15, -0.1) is 0 Å². The Labute approximate surface area is 303 Å². The standard InChI is InChI=1S/C48H30N2O/c1-3-12-31(13-4-1)32-22-25-42-39(28-32)40-30-34(23-26-43(40)49(42)35-14-5-2-6-15-35)33-24-27-44-38(29-33)36-16-7-9-18-41(36)50(44)45-19-11-21-47-48(45)37-17-8-10-20-46(37)51-47/h1-30H/i7D,9D,16D,18D,24D,27D,29D. The molecule has 0 atom stereocenters. The summed E-state index contributed by atoms with van der Waals surface area (Å²) in [5, 5.41) is 3.69. The summed E-state index contributed by atoms with van der Waals surface area (Å²) >= 11 is 0. The minimum Gasteiger partial charge on any atom is -0.456 e. The molecule has 8 aromatic carbocycles. The molecule has 0 amide bonds. The number of hydrogen-bond donors (Lipinski definition) is 0. The van der Waals surface area contributed by atoms with Gasteiger partial charge >= 0.3 is 0 Å². The predicted octanol–water partition coefficient (Wildman–Crippen LogP) is 13.1. The Hall–Kier alpha value is -6.84. The zero-order chi connectivity index (χ0) is 39.6. The van der Waals surface area contributed by atoms with Crippen molar-refractivity contribution in [3.63, 3.8) is 0 Å². The zero-order valence-corrected chi connectivity index (χ0v) is 27.1. The molecule has 3 heteroatoms. The number of nitrogens with zero attached hydrogens (tertiary/aromatic N) is 2. The molecule has 0 bridgehead atoms. The Balaban J connectivity index is 1.25. The zero-order valence-electron chi connectivity index (χ0n) is 34.1. The lowest BCUT2D eigenvalue weighted by atomic mass is 9.99. The van der Waals surface area contributed by atoms with Crippen molar-refractivity contribution < 1.29 is 14.0 Å². The van der Waals surface area contributed by atoms with Crippen LogP contribution in [0.15, 0.2) is 186 Å². The van der Waals surface area contributed by atoms with Crippen LogP contribution in [0.4, 0.5) is 0 Å². The molecule has 3 heterocycles. The lowest BCUT2D eigenvalue weighted by Crippen LogP contribution is -1.94. The van der Waals surface area contributed by atoms with Crippen molar-refractivity contribution >= 4 is 65.6 Å². The number of fused-ring (bicyclic) bond motifs is 9. The van der Waals surface area contributed by atoms with Crippen LogP contribution in [0.3, 0.4) is 0 Å². The van der Waals surface area contributed by atoms with Crippen molar-refractivity contribution in [3.8, 4) is 33.6 Å². The first kappa shape index (κ1) is 22.0. The Morgan fingerprint density at radius 3 is 1.88 bits per heavy atom. The average Bonchev–Trinajstić information content (AvgIpc) is 3.93. The van der Waals surface area contributed by atoms with Crippen molar-refractivity contribution in [1.29, 1.82) is 0 Å². The monoisotopic (exact) mass is 657 g/mol. The second-order valence-corrected chi connectivity index (χ2v) is 12.8. The first-order chi connectivity index (χ1) is 28.2. The van der Waals surface area contributed by atoms with Gasteiger partial charge < -0.3 is 13.6 Å². The molecule has 0 spiro atoms. The Kier molecular flexibility index (Phi) is 4.67. The van der Waals surface area contributed by atoms with Crippen LogP contribution >= 0.6 is 0 Å². The summed E-state index contributed by atoms with van der Waals surface area (Å²) < 4.78 is 75.0. The summed E-state index contributed by atoms with van der Waals surface area (Å²) in [6.07, 6.45) is 0. The summed E-state index contributed by atoms with van der Waals surface area (Å²) in [7, 11) is 0. The molecule has 0 fully saturated rings. The van der Waals surface area contributed by atoms with Crippen molar-refractivity contribution in [2.24, 2.45) is 0 Å². The van der Waals surface area contributed by atoms with E-state index in [1.807, 2.05) is 91.0 Å². The number of benzene rings is 8. The second-order valence-electron chi connectivity index (χ2n) is 12.8. The third-order valence-corrected chi connectivity index (χ3v) is 9.95. The quantitative estimate of drug-likeness (QED) is 0.185. The molecule has 0 N–H and O–H groups in total. The van der Waals surface area contributed by atoms with Gasteiger partial charge in [0.1, 0.15) is 11.2 Å². The van der Waals surface area contributed by atoms with Crippen LogP contribution in [0.25, 0.3) is 99.2 Å². The van der Waals surface area contributed by atoms with E-state index in [0.29, 0.717) is 27.8 Å². The predicted molar refractivity (Wildman–Crippen MR) is 213 cm³/mol. The molecule has 0 saturated carbocycles. The van der Waals surface area contributed by atoms with Crippen LogP contribution in [-0.4, -0.2) is 9.13 Å². The topological polar surface area (TPSA) is 23.0 Å². The molecule has 0 aliphatic rings. The highest BCUT2D eigenvalue weighted by atomic mass is 16.3. The molecule has 3 nitrogen and oxygen atoms in total. The minimum absolute atomic E-state index is 0.0925. The summed E-state index contributed by atoms with van der Waals surface area (Å²) in [6, 6.07) is 43.6. The molecule has 0 unspecified atom stereocenters. The molecular weight excluding hydrogens is 621 g/mol. The van der Waals surface area contributed by atoms with Gasteiger partial charge in [0.2, 0.25) is 0 Å². The van der Waals surface area contributed by atoms with Crippen LogP contribution in [-0.2, 0) is 0 Å². The maximum Gasteiger partial charge on any atom is 0.137 e. The fourth-order valence-corrected chi connectivity index (χ4v) is 7.69. The van der Waals surface area contributed by atoms with E-state index in [4.69, 9.17) is 7.16 Å². The normalized spacial score (nSPS) is 13.8. The number of hydrogen-bond acceptors (Lipinski definition) is 1. The van der Waals surface area contributed by atoms with Crippen LogP contribution in [0.1, 0.15) is 9.60 Å². The molecule has 3 aromatic heterocycles. The smallest absolute Gasteiger partial charge is 0.137 e. The Morgan fingerprint density at radius 1 is 0.412 bits per heavy atom. The maximum atomic E-state index is 9.89. The fraction of sp³-hybridized carbons (Fsp3) is 0. The molecule has 0 aliphatic heterocycles. The van der Waals surface area contributed by atoms with Crippen LogP contribution in [0.5, 0.6) is 0 Å². The summed E-state index contributed by atoms with van der Waals surface area (Å²) in [6.45, 7) is 0.